The summed E-state index contributed by atoms with van der Waals surface area (Å²) < 4.78 is 0.163. The van der Waals surface area contributed by atoms with Gasteiger partial charge >= 0.3 is 0 Å². The molecule has 0 aliphatic rings. The van der Waals surface area contributed by atoms with Gasteiger partial charge in [-0.25, -0.2) is 0 Å². The summed E-state index contributed by atoms with van der Waals surface area (Å²) in [4.78, 5) is 6.90. The van der Waals surface area contributed by atoms with Crippen molar-refractivity contribution < 1.29 is 4.84 Å². The predicted octanol–water partition coefficient (Wildman–Crippen LogP) is 6.67. The molecule has 0 spiro atoms. The van der Waals surface area contributed by atoms with Crippen LogP contribution < -0.4 is 0 Å². The monoisotopic (exact) mass is 369 g/mol. The maximum Gasteiger partial charge on any atom is 0.142 e. The van der Waals surface area contributed by atoms with Crippen molar-refractivity contribution >= 4 is 18.0 Å². The van der Waals surface area contributed by atoms with Crippen LogP contribution >= 0.6 is 11.8 Å². The van der Waals surface area contributed by atoms with Gasteiger partial charge in [-0.1, -0.05) is 44.1 Å². The maximum absolute atomic E-state index is 5.68. The lowest BCUT2D eigenvalue weighted by Crippen LogP contribution is -2.07. The van der Waals surface area contributed by atoms with Gasteiger partial charge in [0.1, 0.15) is 6.61 Å². The third-order valence-electron chi connectivity index (χ3n) is 4.97. The minimum atomic E-state index is 0.163. The van der Waals surface area contributed by atoms with E-state index in [1.54, 1.807) is 0 Å². The van der Waals surface area contributed by atoms with Gasteiger partial charge in [0.05, 0.1) is 6.21 Å². The van der Waals surface area contributed by atoms with E-state index in [2.05, 4.69) is 78.7 Å². The third-order valence-corrected chi connectivity index (χ3v) is 6.17. The number of hydrogen-bond acceptors (Lipinski definition) is 3. The van der Waals surface area contributed by atoms with Crippen LogP contribution in [-0.2, 0) is 11.4 Å². The normalized spacial score (nSPS) is 12.0. The molecule has 0 heterocycles. The van der Waals surface area contributed by atoms with E-state index in [4.69, 9.17) is 4.84 Å². The van der Waals surface area contributed by atoms with Crippen molar-refractivity contribution in [3.8, 4) is 0 Å². The summed E-state index contributed by atoms with van der Waals surface area (Å²) in [7, 11) is 0. The maximum atomic E-state index is 5.68. The van der Waals surface area contributed by atoms with E-state index in [1.165, 1.54) is 38.3 Å². The van der Waals surface area contributed by atoms with E-state index in [0.717, 1.165) is 5.56 Å². The number of oxime groups is 1. The van der Waals surface area contributed by atoms with E-state index in [-0.39, 0.29) is 4.75 Å². The van der Waals surface area contributed by atoms with Gasteiger partial charge in [-0.2, -0.15) is 0 Å². The van der Waals surface area contributed by atoms with Gasteiger partial charge < -0.3 is 4.84 Å². The van der Waals surface area contributed by atoms with E-state index in [1.807, 2.05) is 24.0 Å². The summed E-state index contributed by atoms with van der Waals surface area (Å²) in [5.74, 6) is 0. The molecule has 0 saturated carbocycles. The first-order chi connectivity index (χ1) is 12.1. The number of rotatable bonds is 5. The molecule has 0 N–H and O–H groups in total. The second-order valence-corrected chi connectivity index (χ2v) is 9.73. The molecule has 0 amide bonds. The summed E-state index contributed by atoms with van der Waals surface area (Å²) in [5, 5.41) is 4.25. The summed E-state index contributed by atoms with van der Waals surface area (Å²) in [6, 6.07) is 8.32. The molecule has 26 heavy (non-hydrogen) atoms. The van der Waals surface area contributed by atoms with Crippen LogP contribution in [0.2, 0.25) is 0 Å². The van der Waals surface area contributed by atoms with Crippen molar-refractivity contribution in [1.29, 1.82) is 0 Å². The first-order valence-corrected chi connectivity index (χ1v) is 9.92. The predicted molar refractivity (Wildman–Crippen MR) is 115 cm³/mol. The largest absolute Gasteiger partial charge is 0.391 e. The Morgan fingerprint density at radius 2 is 1.42 bits per heavy atom. The van der Waals surface area contributed by atoms with Crippen LogP contribution in [0.1, 0.15) is 59.7 Å². The quantitative estimate of drug-likeness (QED) is 0.333. The number of hydrogen-bond donors (Lipinski definition) is 0. The summed E-state index contributed by atoms with van der Waals surface area (Å²) in [6.07, 6.45) is 1.83. The van der Waals surface area contributed by atoms with Crippen LogP contribution in [0, 0.1) is 34.6 Å². The molecule has 2 aromatic rings. The summed E-state index contributed by atoms with van der Waals surface area (Å²) in [6.45, 7) is 18.1. The van der Waals surface area contributed by atoms with Gasteiger partial charge in [-0.15, -0.1) is 11.8 Å². The lowest BCUT2D eigenvalue weighted by atomic mass is 9.90. The second kappa shape index (κ2) is 8.30. The third kappa shape index (κ3) is 4.91. The SMILES string of the molecule is Cc1c(C)c(C)c(CON=Cc2ccccc2SC(C)(C)C)c(C)c1C. The topological polar surface area (TPSA) is 21.6 Å². The molecule has 2 nitrogen and oxygen atoms in total. The fourth-order valence-corrected chi connectivity index (χ4v) is 4.04. The summed E-state index contributed by atoms with van der Waals surface area (Å²) in [5.41, 5.74) is 9.04. The van der Waals surface area contributed by atoms with Crippen molar-refractivity contribution in [2.24, 2.45) is 5.16 Å². The van der Waals surface area contributed by atoms with Crippen molar-refractivity contribution in [3.63, 3.8) is 0 Å². The highest BCUT2D eigenvalue weighted by atomic mass is 32.2. The lowest BCUT2D eigenvalue weighted by molar-refractivity contribution is 0.131. The Balaban J connectivity index is 2.15. The Morgan fingerprint density at radius 1 is 0.885 bits per heavy atom. The molecule has 140 valence electrons. The van der Waals surface area contributed by atoms with Gasteiger partial charge in [-0.05, 0) is 74.1 Å². The molecule has 0 aliphatic heterocycles. The molecular formula is C23H31NOS. The highest BCUT2D eigenvalue weighted by Crippen LogP contribution is 2.33. The molecule has 0 fully saturated rings. The molecular weight excluding hydrogens is 338 g/mol. The smallest absolute Gasteiger partial charge is 0.142 e. The zero-order valence-corrected chi connectivity index (χ0v) is 18.2. The molecule has 0 aromatic heterocycles. The number of nitrogens with zero attached hydrogens (tertiary/aromatic N) is 1. The number of benzene rings is 2. The van der Waals surface area contributed by atoms with Gasteiger partial charge in [0.25, 0.3) is 0 Å². The Kier molecular flexibility index (Phi) is 6.57. The molecule has 0 aliphatic carbocycles. The Hall–Kier alpha value is -1.74. The highest BCUT2D eigenvalue weighted by Gasteiger charge is 2.14. The number of thioether (sulfide) groups is 1. The van der Waals surface area contributed by atoms with Crippen LogP contribution in [0.3, 0.4) is 0 Å². The van der Waals surface area contributed by atoms with E-state index < -0.39 is 0 Å². The van der Waals surface area contributed by atoms with Gasteiger partial charge in [0.2, 0.25) is 0 Å². The van der Waals surface area contributed by atoms with Crippen molar-refractivity contribution in [3.05, 3.63) is 63.2 Å². The van der Waals surface area contributed by atoms with Crippen LogP contribution in [0.5, 0.6) is 0 Å². The minimum Gasteiger partial charge on any atom is -0.391 e. The first-order valence-electron chi connectivity index (χ1n) is 9.11. The van der Waals surface area contributed by atoms with Crippen LogP contribution in [0.15, 0.2) is 34.3 Å². The molecule has 0 atom stereocenters. The Morgan fingerprint density at radius 3 is 2.00 bits per heavy atom. The van der Waals surface area contributed by atoms with Crippen LogP contribution in [0.25, 0.3) is 0 Å². The van der Waals surface area contributed by atoms with Gasteiger partial charge in [0, 0.05) is 15.2 Å². The molecule has 0 radical (unpaired) electrons. The molecule has 0 unspecified atom stereocenters. The molecule has 3 heteroatoms. The van der Waals surface area contributed by atoms with Crippen LogP contribution in [0.4, 0.5) is 0 Å². The lowest BCUT2D eigenvalue weighted by Gasteiger charge is -2.19. The van der Waals surface area contributed by atoms with Crippen molar-refractivity contribution in [2.75, 3.05) is 0 Å². The zero-order chi connectivity index (χ0) is 19.5. The summed E-state index contributed by atoms with van der Waals surface area (Å²) >= 11 is 1.85. The van der Waals surface area contributed by atoms with E-state index in [9.17, 15) is 0 Å². The fourth-order valence-electron chi connectivity index (χ4n) is 3.00. The average molecular weight is 370 g/mol. The average Bonchev–Trinajstić information content (AvgIpc) is 2.57. The van der Waals surface area contributed by atoms with Crippen molar-refractivity contribution in [1.82, 2.24) is 0 Å². The van der Waals surface area contributed by atoms with E-state index in [0.29, 0.717) is 6.61 Å². The van der Waals surface area contributed by atoms with Gasteiger partial charge in [-0.3, -0.25) is 0 Å². The highest BCUT2D eigenvalue weighted by molar-refractivity contribution is 8.00. The second-order valence-electron chi connectivity index (χ2n) is 7.86. The Labute approximate surface area is 163 Å². The standard InChI is InChI=1S/C23H31NOS/c1-15-16(2)18(4)21(19(5)17(15)3)14-25-24-13-20-11-9-10-12-22(20)26-23(6,7)8/h9-13H,14H2,1-8H3. The van der Waals surface area contributed by atoms with Crippen molar-refractivity contribution in [2.45, 2.75) is 71.6 Å². The fraction of sp³-hybridized carbons (Fsp3) is 0.435. The molecule has 0 saturated heterocycles. The van der Waals surface area contributed by atoms with Gasteiger partial charge in [0.15, 0.2) is 0 Å². The Bertz CT molecular complexity index is 787. The first kappa shape index (κ1) is 20.6. The molecule has 0 bridgehead atoms. The molecule has 2 aromatic carbocycles. The minimum absolute atomic E-state index is 0.163. The van der Waals surface area contributed by atoms with Crippen LogP contribution in [-0.4, -0.2) is 11.0 Å². The van der Waals surface area contributed by atoms with E-state index >= 15 is 0 Å². The zero-order valence-electron chi connectivity index (χ0n) is 17.4. The molecule has 2 rings (SSSR count).